The zero-order chi connectivity index (χ0) is 24.4. The van der Waals surface area contributed by atoms with E-state index in [4.69, 9.17) is 5.10 Å². The van der Waals surface area contributed by atoms with Crippen LogP contribution in [0, 0.1) is 11.6 Å². The molecule has 2 aromatic heterocycles. The third kappa shape index (κ3) is 4.90. The monoisotopic (exact) mass is 492 g/mol. The number of rotatable bonds is 7. The van der Waals surface area contributed by atoms with Crippen molar-refractivity contribution in [2.24, 2.45) is 0 Å². The molecular weight excluding hydrogens is 466 g/mol. The zero-order valence-corrected chi connectivity index (χ0v) is 20.3. The van der Waals surface area contributed by atoms with E-state index in [1.807, 2.05) is 41.3 Å². The molecule has 0 spiro atoms. The first-order valence-electron chi connectivity index (χ1n) is 11.7. The topological polar surface area (TPSA) is 41.4 Å². The molecule has 2 aromatic carbocycles. The van der Waals surface area contributed by atoms with E-state index in [1.54, 1.807) is 23.1 Å². The number of fused-ring (bicyclic) bond motifs is 1. The molecule has 5 rings (SSSR count). The van der Waals surface area contributed by atoms with Crippen molar-refractivity contribution in [3.63, 3.8) is 0 Å². The van der Waals surface area contributed by atoms with Gasteiger partial charge in [-0.25, -0.2) is 13.5 Å². The quantitative estimate of drug-likeness (QED) is 0.345. The molecule has 0 N–H and O–H groups in total. The van der Waals surface area contributed by atoms with Crippen LogP contribution in [0.4, 0.5) is 8.78 Å². The van der Waals surface area contributed by atoms with E-state index in [2.05, 4.69) is 4.90 Å². The number of carbonyl (C=O) groups is 1. The first kappa shape index (κ1) is 23.4. The molecule has 0 unspecified atom stereocenters. The summed E-state index contributed by atoms with van der Waals surface area (Å²) in [6.07, 6.45) is 0.721. The van der Waals surface area contributed by atoms with Crippen LogP contribution in [0.15, 0.2) is 66.0 Å². The maximum absolute atomic E-state index is 14.3. The maximum atomic E-state index is 14.3. The highest BCUT2D eigenvalue weighted by Crippen LogP contribution is 2.28. The molecule has 0 saturated heterocycles. The number of benzene rings is 2. The van der Waals surface area contributed by atoms with Gasteiger partial charge in [0, 0.05) is 43.7 Å². The van der Waals surface area contributed by atoms with E-state index in [-0.39, 0.29) is 17.5 Å². The Morgan fingerprint density at radius 3 is 2.60 bits per heavy atom. The first-order valence-corrected chi connectivity index (χ1v) is 12.6. The third-order valence-electron chi connectivity index (χ3n) is 6.38. The van der Waals surface area contributed by atoms with Crippen LogP contribution in [0.2, 0.25) is 0 Å². The van der Waals surface area contributed by atoms with E-state index in [0.29, 0.717) is 36.6 Å². The molecular formula is C27H26F2N4OS. The minimum absolute atomic E-state index is 0.0217. The number of hydrogen-bond acceptors (Lipinski definition) is 4. The molecule has 0 radical (unpaired) electrons. The number of thiophene rings is 1. The highest BCUT2D eigenvalue weighted by molar-refractivity contribution is 7.12. The van der Waals surface area contributed by atoms with E-state index in [9.17, 15) is 13.6 Å². The minimum atomic E-state index is -0.301. The number of carbonyl (C=O) groups excluding carboxylic acids is 1. The van der Waals surface area contributed by atoms with Crippen LogP contribution in [-0.2, 0) is 26.1 Å². The summed E-state index contributed by atoms with van der Waals surface area (Å²) in [7, 11) is 0. The molecule has 1 amide bonds. The molecule has 4 aromatic rings. The summed E-state index contributed by atoms with van der Waals surface area (Å²) < 4.78 is 29.7. The number of nitrogens with zero attached hydrogens (tertiary/aromatic N) is 4. The standard InChI is InChI=1S/C27H26F2N4OS/c1-2-32(27(34)26-8-5-15-35-26)18-24-22-17-31(16-19-6-3-4-7-23(19)29)14-13-25(22)33(30-24)21-11-9-20(28)10-12-21/h3-12,15H,2,13-14,16-18H2,1H3. The van der Waals surface area contributed by atoms with Crippen molar-refractivity contribution >= 4 is 17.2 Å². The van der Waals surface area contributed by atoms with Gasteiger partial charge in [0.1, 0.15) is 11.6 Å². The molecule has 3 heterocycles. The normalized spacial score (nSPS) is 13.6. The first-order chi connectivity index (χ1) is 17.0. The molecule has 35 heavy (non-hydrogen) atoms. The summed E-state index contributed by atoms with van der Waals surface area (Å²) in [6.45, 7) is 4.73. The molecule has 1 aliphatic rings. The van der Waals surface area contributed by atoms with Gasteiger partial charge < -0.3 is 4.90 Å². The van der Waals surface area contributed by atoms with Crippen molar-refractivity contribution in [3.05, 3.63) is 105 Å². The summed E-state index contributed by atoms with van der Waals surface area (Å²) in [4.78, 5) is 17.8. The molecule has 8 heteroatoms. The Bertz CT molecular complexity index is 1320. The Hall–Kier alpha value is -3.36. The Morgan fingerprint density at radius 2 is 1.89 bits per heavy atom. The number of halogens is 2. The van der Waals surface area contributed by atoms with Crippen molar-refractivity contribution < 1.29 is 13.6 Å². The highest BCUT2D eigenvalue weighted by atomic mass is 32.1. The van der Waals surface area contributed by atoms with Crippen LogP contribution >= 0.6 is 11.3 Å². The van der Waals surface area contributed by atoms with E-state index >= 15 is 0 Å². The fraction of sp³-hybridized carbons (Fsp3) is 0.259. The molecule has 0 fully saturated rings. The number of hydrogen-bond donors (Lipinski definition) is 0. The van der Waals surface area contributed by atoms with Gasteiger partial charge in [-0.3, -0.25) is 9.69 Å². The fourth-order valence-electron chi connectivity index (χ4n) is 4.53. The van der Waals surface area contributed by atoms with Crippen molar-refractivity contribution in [2.45, 2.75) is 33.0 Å². The molecule has 180 valence electrons. The average Bonchev–Trinajstić information content (AvgIpc) is 3.53. The SMILES string of the molecule is CCN(Cc1nn(-c2ccc(F)cc2)c2c1CN(Cc1ccccc1F)CC2)C(=O)c1cccs1. The summed E-state index contributed by atoms with van der Waals surface area (Å²) in [5, 5.41) is 6.80. The van der Waals surface area contributed by atoms with Crippen molar-refractivity contribution in [1.29, 1.82) is 0 Å². The lowest BCUT2D eigenvalue weighted by Crippen LogP contribution is -2.33. The highest BCUT2D eigenvalue weighted by Gasteiger charge is 2.28. The van der Waals surface area contributed by atoms with Crippen LogP contribution in [0.3, 0.4) is 0 Å². The van der Waals surface area contributed by atoms with Crippen LogP contribution in [0.5, 0.6) is 0 Å². The molecule has 0 bridgehead atoms. The minimum Gasteiger partial charge on any atom is -0.332 e. The van der Waals surface area contributed by atoms with Gasteiger partial charge in [0.15, 0.2) is 0 Å². The Morgan fingerprint density at radius 1 is 1.09 bits per heavy atom. The smallest absolute Gasteiger partial charge is 0.264 e. The predicted molar refractivity (Wildman–Crippen MR) is 132 cm³/mol. The fourth-order valence-corrected chi connectivity index (χ4v) is 5.22. The summed E-state index contributed by atoms with van der Waals surface area (Å²) in [6, 6.07) is 16.8. The van der Waals surface area contributed by atoms with Gasteiger partial charge in [-0.2, -0.15) is 5.10 Å². The molecule has 5 nitrogen and oxygen atoms in total. The van der Waals surface area contributed by atoms with Gasteiger partial charge in [-0.05, 0) is 48.7 Å². The molecule has 0 atom stereocenters. The lowest BCUT2D eigenvalue weighted by Gasteiger charge is -2.28. The van der Waals surface area contributed by atoms with Crippen LogP contribution < -0.4 is 0 Å². The number of amides is 1. The Balaban J connectivity index is 1.48. The second kappa shape index (κ2) is 10.1. The van der Waals surface area contributed by atoms with Crippen molar-refractivity contribution in [1.82, 2.24) is 19.6 Å². The van der Waals surface area contributed by atoms with Gasteiger partial charge in [0.25, 0.3) is 5.91 Å². The van der Waals surface area contributed by atoms with Gasteiger partial charge in [-0.1, -0.05) is 24.3 Å². The summed E-state index contributed by atoms with van der Waals surface area (Å²) in [5.74, 6) is -0.532. The second-order valence-electron chi connectivity index (χ2n) is 8.61. The van der Waals surface area contributed by atoms with Gasteiger partial charge in [0.2, 0.25) is 0 Å². The second-order valence-corrected chi connectivity index (χ2v) is 9.56. The van der Waals surface area contributed by atoms with Crippen molar-refractivity contribution in [2.75, 3.05) is 13.1 Å². The molecule has 1 aliphatic heterocycles. The van der Waals surface area contributed by atoms with E-state index < -0.39 is 0 Å². The summed E-state index contributed by atoms with van der Waals surface area (Å²) in [5.41, 5.74) is 4.36. The molecule has 0 saturated carbocycles. The van der Waals surface area contributed by atoms with E-state index in [1.165, 1.54) is 29.5 Å². The maximum Gasteiger partial charge on any atom is 0.264 e. The van der Waals surface area contributed by atoms with Crippen LogP contribution in [0.25, 0.3) is 5.69 Å². The number of aromatic nitrogens is 2. The van der Waals surface area contributed by atoms with Gasteiger partial charge in [-0.15, -0.1) is 11.3 Å². The summed E-state index contributed by atoms with van der Waals surface area (Å²) >= 11 is 1.42. The van der Waals surface area contributed by atoms with Crippen LogP contribution in [0.1, 0.15) is 39.1 Å². The Labute approximate surface area is 207 Å². The zero-order valence-electron chi connectivity index (χ0n) is 19.5. The van der Waals surface area contributed by atoms with E-state index in [0.717, 1.165) is 35.6 Å². The Kier molecular flexibility index (Phi) is 6.74. The lowest BCUT2D eigenvalue weighted by atomic mass is 10.0. The predicted octanol–water partition coefficient (Wildman–Crippen LogP) is 5.43. The van der Waals surface area contributed by atoms with Gasteiger partial charge in [0.05, 0.1) is 28.5 Å². The molecule has 0 aliphatic carbocycles. The lowest BCUT2D eigenvalue weighted by molar-refractivity contribution is 0.0754. The van der Waals surface area contributed by atoms with Crippen LogP contribution in [-0.4, -0.2) is 38.6 Å². The van der Waals surface area contributed by atoms with Crippen molar-refractivity contribution in [3.8, 4) is 5.69 Å². The average molecular weight is 493 g/mol. The third-order valence-corrected chi connectivity index (χ3v) is 7.24. The van der Waals surface area contributed by atoms with Gasteiger partial charge >= 0.3 is 0 Å². The largest absolute Gasteiger partial charge is 0.332 e.